The first-order valence-electron chi connectivity index (χ1n) is 5.53. The minimum absolute atomic E-state index is 0.530. The Morgan fingerprint density at radius 3 is 2.94 bits per heavy atom. The maximum Gasteiger partial charge on any atom is 0.123 e. The second-order valence-corrected chi connectivity index (χ2v) is 4.24. The predicted molar refractivity (Wildman–Crippen MR) is 68.4 cm³/mol. The Morgan fingerprint density at radius 1 is 1.41 bits per heavy atom. The van der Waals surface area contributed by atoms with Gasteiger partial charge in [0.05, 0.1) is 18.2 Å². The molecule has 2 N–H and O–H groups in total. The van der Waals surface area contributed by atoms with Crippen LogP contribution in [-0.4, -0.2) is 40.1 Å². The van der Waals surface area contributed by atoms with Crippen molar-refractivity contribution in [3.8, 4) is 11.3 Å². The third-order valence-electron chi connectivity index (χ3n) is 2.58. The molecule has 0 aromatic carbocycles. The Labute approximate surface area is 101 Å². The fourth-order valence-corrected chi connectivity index (χ4v) is 1.65. The largest absolute Gasteiger partial charge is 0.384 e. The van der Waals surface area contributed by atoms with E-state index in [4.69, 9.17) is 5.73 Å². The normalized spacial score (nSPS) is 11.0. The summed E-state index contributed by atoms with van der Waals surface area (Å²) in [7, 11) is 4.11. The average Bonchev–Trinajstić information content (AvgIpc) is 2.74. The summed E-state index contributed by atoms with van der Waals surface area (Å²) in [6, 6.07) is 3.81. The van der Waals surface area contributed by atoms with Crippen LogP contribution in [0, 0.1) is 0 Å². The van der Waals surface area contributed by atoms with Gasteiger partial charge in [-0.1, -0.05) is 0 Å². The summed E-state index contributed by atoms with van der Waals surface area (Å²) in [4.78, 5) is 10.3. The number of nitrogens with two attached hydrogens (primary N) is 1. The van der Waals surface area contributed by atoms with Gasteiger partial charge < -0.3 is 15.2 Å². The summed E-state index contributed by atoms with van der Waals surface area (Å²) in [6.07, 6.45) is 5.41. The number of likely N-dealkylation sites (N-methyl/N-ethyl adjacent to an activating group) is 1. The molecule has 2 aromatic rings. The second-order valence-electron chi connectivity index (χ2n) is 4.24. The van der Waals surface area contributed by atoms with E-state index in [1.165, 1.54) is 0 Å². The summed E-state index contributed by atoms with van der Waals surface area (Å²) in [6.45, 7) is 1.88. The summed E-state index contributed by atoms with van der Waals surface area (Å²) in [5, 5.41) is 0. The van der Waals surface area contributed by atoms with Gasteiger partial charge >= 0.3 is 0 Å². The quantitative estimate of drug-likeness (QED) is 0.855. The van der Waals surface area contributed by atoms with Gasteiger partial charge in [0.2, 0.25) is 0 Å². The molecule has 0 amide bonds. The zero-order chi connectivity index (χ0) is 12.3. The topological polar surface area (TPSA) is 60.0 Å². The lowest BCUT2D eigenvalue weighted by Crippen LogP contribution is -2.18. The molecular weight excluding hydrogens is 214 g/mol. The van der Waals surface area contributed by atoms with Gasteiger partial charge in [-0.05, 0) is 26.2 Å². The van der Waals surface area contributed by atoms with E-state index < -0.39 is 0 Å². The third-order valence-corrected chi connectivity index (χ3v) is 2.58. The van der Waals surface area contributed by atoms with Gasteiger partial charge in [-0.25, -0.2) is 9.97 Å². The maximum absolute atomic E-state index is 5.69. The van der Waals surface area contributed by atoms with Crippen LogP contribution in [0.3, 0.4) is 0 Å². The molecule has 0 fully saturated rings. The molecule has 0 aliphatic rings. The highest BCUT2D eigenvalue weighted by molar-refractivity contribution is 5.61. The molecule has 2 aromatic heterocycles. The van der Waals surface area contributed by atoms with E-state index in [2.05, 4.69) is 33.5 Å². The summed E-state index contributed by atoms with van der Waals surface area (Å²) < 4.78 is 2.12. The van der Waals surface area contributed by atoms with E-state index in [0.717, 1.165) is 24.3 Å². The predicted octanol–water partition coefficient (Wildman–Crippen LogP) is 1.09. The molecule has 0 bridgehead atoms. The molecular formula is C12H17N5. The highest BCUT2D eigenvalue weighted by Gasteiger charge is 2.05. The van der Waals surface area contributed by atoms with Gasteiger partial charge in [0, 0.05) is 24.8 Å². The van der Waals surface area contributed by atoms with Crippen molar-refractivity contribution in [3.05, 3.63) is 30.9 Å². The molecule has 5 heteroatoms. The number of pyridine rings is 1. The van der Waals surface area contributed by atoms with Crippen LogP contribution >= 0.6 is 0 Å². The molecule has 2 heterocycles. The van der Waals surface area contributed by atoms with Gasteiger partial charge in [-0.2, -0.15) is 0 Å². The van der Waals surface area contributed by atoms with E-state index >= 15 is 0 Å². The molecule has 0 unspecified atom stereocenters. The standard InChI is InChI=1S/C12H17N5/c1-16(2)5-6-17-9-14-8-11(17)10-3-4-15-12(13)7-10/h3-4,7-9H,5-6H2,1-2H3,(H2,13,15). The first kappa shape index (κ1) is 11.6. The van der Waals surface area contributed by atoms with Gasteiger partial charge in [0.25, 0.3) is 0 Å². The Kier molecular flexibility index (Phi) is 3.39. The first-order chi connectivity index (χ1) is 8.16. The zero-order valence-electron chi connectivity index (χ0n) is 10.2. The minimum atomic E-state index is 0.530. The number of nitrogens with zero attached hydrogens (tertiary/aromatic N) is 4. The van der Waals surface area contributed by atoms with Gasteiger partial charge in [-0.15, -0.1) is 0 Å². The van der Waals surface area contributed by atoms with Crippen LogP contribution in [0.4, 0.5) is 5.82 Å². The number of aromatic nitrogens is 3. The van der Waals surface area contributed by atoms with Crippen LogP contribution in [0.1, 0.15) is 0 Å². The van der Waals surface area contributed by atoms with Crippen molar-refractivity contribution in [2.75, 3.05) is 26.4 Å². The molecule has 0 spiro atoms. The van der Waals surface area contributed by atoms with Crippen molar-refractivity contribution in [1.82, 2.24) is 19.4 Å². The third kappa shape index (κ3) is 2.82. The lowest BCUT2D eigenvalue weighted by atomic mass is 10.2. The fraction of sp³-hybridized carbons (Fsp3) is 0.333. The lowest BCUT2D eigenvalue weighted by Gasteiger charge is -2.12. The molecule has 0 aliphatic carbocycles. The maximum atomic E-state index is 5.69. The zero-order valence-corrected chi connectivity index (χ0v) is 10.2. The average molecular weight is 231 g/mol. The first-order valence-corrected chi connectivity index (χ1v) is 5.53. The summed E-state index contributed by atoms with van der Waals surface area (Å²) in [5.41, 5.74) is 7.81. The van der Waals surface area contributed by atoms with Gasteiger partial charge in [0.15, 0.2) is 0 Å². The van der Waals surface area contributed by atoms with Crippen LogP contribution in [0.5, 0.6) is 0 Å². The summed E-state index contributed by atoms with van der Waals surface area (Å²) >= 11 is 0. The van der Waals surface area contributed by atoms with Crippen molar-refractivity contribution in [3.63, 3.8) is 0 Å². The fourth-order valence-electron chi connectivity index (χ4n) is 1.65. The monoisotopic (exact) mass is 231 g/mol. The van der Waals surface area contributed by atoms with E-state index in [1.54, 1.807) is 6.20 Å². The minimum Gasteiger partial charge on any atom is -0.384 e. The molecule has 0 aliphatic heterocycles. The lowest BCUT2D eigenvalue weighted by molar-refractivity contribution is 0.385. The molecule has 2 rings (SSSR count). The molecule has 0 radical (unpaired) electrons. The Balaban J connectivity index is 2.24. The van der Waals surface area contributed by atoms with E-state index in [-0.39, 0.29) is 0 Å². The number of anilines is 1. The van der Waals surface area contributed by atoms with E-state index in [1.807, 2.05) is 24.7 Å². The van der Waals surface area contributed by atoms with Crippen molar-refractivity contribution in [2.24, 2.45) is 0 Å². The van der Waals surface area contributed by atoms with Crippen LogP contribution < -0.4 is 5.73 Å². The number of imidazole rings is 1. The molecule has 0 saturated carbocycles. The van der Waals surface area contributed by atoms with Crippen LogP contribution in [0.15, 0.2) is 30.9 Å². The highest BCUT2D eigenvalue weighted by atomic mass is 15.1. The smallest absolute Gasteiger partial charge is 0.123 e. The van der Waals surface area contributed by atoms with Gasteiger partial charge in [-0.3, -0.25) is 0 Å². The molecule has 5 nitrogen and oxygen atoms in total. The number of hydrogen-bond acceptors (Lipinski definition) is 4. The van der Waals surface area contributed by atoms with Crippen molar-refractivity contribution < 1.29 is 0 Å². The Hall–Kier alpha value is -1.88. The highest BCUT2D eigenvalue weighted by Crippen LogP contribution is 2.19. The van der Waals surface area contributed by atoms with Crippen LogP contribution in [-0.2, 0) is 6.54 Å². The molecule has 0 saturated heterocycles. The Bertz CT molecular complexity index is 489. The van der Waals surface area contributed by atoms with E-state index in [0.29, 0.717) is 5.82 Å². The SMILES string of the molecule is CN(C)CCn1cncc1-c1ccnc(N)c1. The van der Waals surface area contributed by atoms with Crippen molar-refractivity contribution >= 4 is 5.82 Å². The molecule has 90 valence electrons. The molecule has 0 atom stereocenters. The second kappa shape index (κ2) is 4.97. The van der Waals surface area contributed by atoms with Crippen LogP contribution in [0.25, 0.3) is 11.3 Å². The number of hydrogen-bond donors (Lipinski definition) is 1. The Morgan fingerprint density at radius 2 is 2.24 bits per heavy atom. The number of rotatable bonds is 4. The van der Waals surface area contributed by atoms with Gasteiger partial charge in [0.1, 0.15) is 5.82 Å². The van der Waals surface area contributed by atoms with Crippen molar-refractivity contribution in [2.45, 2.75) is 6.54 Å². The molecule has 17 heavy (non-hydrogen) atoms. The van der Waals surface area contributed by atoms with Crippen LogP contribution in [0.2, 0.25) is 0 Å². The van der Waals surface area contributed by atoms with E-state index in [9.17, 15) is 0 Å². The summed E-state index contributed by atoms with van der Waals surface area (Å²) in [5.74, 6) is 0.530. The van der Waals surface area contributed by atoms with Crippen molar-refractivity contribution in [1.29, 1.82) is 0 Å². The number of nitrogen functional groups attached to an aromatic ring is 1.